The van der Waals surface area contributed by atoms with Crippen LogP contribution in [0.5, 0.6) is 0 Å². The second-order valence-electron chi connectivity index (χ2n) is 8.37. The number of hydrogen-bond donors (Lipinski definition) is 0. The van der Waals surface area contributed by atoms with Gasteiger partial charge in [-0.2, -0.15) is 0 Å². The van der Waals surface area contributed by atoms with E-state index in [0.29, 0.717) is 13.2 Å². The molecule has 0 saturated carbocycles. The van der Waals surface area contributed by atoms with Gasteiger partial charge in [-0.3, -0.25) is 0 Å². The van der Waals surface area contributed by atoms with Crippen LogP contribution < -0.4 is 4.90 Å². The number of benzene rings is 4. The molecule has 0 atom stereocenters. The van der Waals surface area contributed by atoms with E-state index in [0.717, 1.165) is 33.8 Å². The first-order valence-corrected chi connectivity index (χ1v) is 11.5. The maximum Gasteiger partial charge on any atom is 0.0713 e. The summed E-state index contributed by atoms with van der Waals surface area (Å²) in [7, 11) is 3.44. The molecule has 3 heteroatoms. The molecule has 172 valence electrons. The van der Waals surface area contributed by atoms with Crippen LogP contribution in [0.3, 0.4) is 0 Å². The van der Waals surface area contributed by atoms with Crippen molar-refractivity contribution in [3.8, 4) is 0 Å². The van der Waals surface area contributed by atoms with Gasteiger partial charge in [0.1, 0.15) is 0 Å². The van der Waals surface area contributed by atoms with Gasteiger partial charge in [-0.05, 0) is 65.6 Å². The van der Waals surface area contributed by atoms with E-state index in [2.05, 4.69) is 121 Å². The largest absolute Gasteiger partial charge is 0.380 e. The fourth-order valence-corrected chi connectivity index (χ4v) is 3.87. The first-order chi connectivity index (χ1) is 16.7. The molecular formula is C31H31NO2. The lowest BCUT2D eigenvalue weighted by atomic mass is 10.1. The molecule has 0 aliphatic heterocycles. The van der Waals surface area contributed by atoms with Gasteiger partial charge < -0.3 is 14.4 Å². The average Bonchev–Trinajstić information content (AvgIpc) is 2.87. The lowest BCUT2D eigenvalue weighted by molar-refractivity contribution is 0.185. The molecule has 4 aromatic carbocycles. The second kappa shape index (κ2) is 11.5. The Morgan fingerprint density at radius 2 is 0.882 bits per heavy atom. The number of hydrogen-bond acceptors (Lipinski definition) is 3. The fourth-order valence-electron chi connectivity index (χ4n) is 3.87. The van der Waals surface area contributed by atoms with E-state index >= 15 is 0 Å². The number of nitrogens with zero attached hydrogens (tertiary/aromatic N) is 1. The zero-order valence-electron chi connectivity index (χ0n) is 20.1. The summed E-state index contributed by atoms with van der Waals surface area (Å²) >= 11 is 0. The third-order valence-corrected chi connectivity index (χ3v) is 5.71. The molecule has 0 aliphatic carbocycles. The first-order valence-electron chi connectivity index (χ1n) is 11.5. The standard InChI is InChI=1S/C31H31NO2/c1-24-4-6-25(7-5-24)8-9-26-10-16-29(17-11-26)32(30-18-12-27(13-19-30)22-33-2)31-20-14-28(15-21-31)23-34-3/h4-21H,22-23H2,1-3H3. The smallest absolute Gasteiger partial charge is 0.0713 e. The third kappa shape index (κ3) is 6.02. The maximum absolute atomic E-state index is 5.28. The van der Waals surface area contributed by atoms with Gasteiger partial charge in [-0.1, -0.05) is 78.4 Å². The Bertz CT molecular complexity index is 1140. The van der Waals surface area contributed by atoms with Crippen LogP contribution in [0.1, 0.15) is 27.8 Å². The molecule has 0 spiro atoms. The van der Waals surface area contributed by atoms with Crippen molar-refractivity contribution in [3.05, 3.63) is 125 Å². The number of methoxy groups -OCH3 is 2. The van der Waals surface area contributed by atoms with Crippen LogP contribution in [-0.2, 0) is 22.7 Å². The fraction of sp³-hybridized carbons (Fsp3) is 0.161. The Balaban J connectivity index is 1.63. The van der Waals surface area contributed by atoms with E-state index in [1.54, 1.807) is 14.2 Å². The van der Waals surface area contributed by atoms with Crippen LogP contribution in [0.25, 0.3) is 12.2 Å². The Morgan fingerprint density at radius 1 is 0.529 bits per heavy atom. The quantitative estimate of drug-likeness (QED) is 0.242. The first kappa shape index (κ1) is 23.5. The van der Waals surface area contributed by atoms with Crippen molar-refractivity contribution in [2.45, 2.75) is 20.1 Å². The molecule has 4 aromatic rings. The van der Waals surface area contributed by atoms with Crippen molar-refractivity contribution >= 4 is 29.2 Å². The molecule has 0 saturated heterocycles. The van der Waals surface area contributed by atoms with E-state index in [1.165, 1.54) is 11.1 Å². The third-order valence-electron chi connectivity index (χ3n) is 5.71. The average molecular weight is 450 g/mol. The number of ether oxygens (including phenoxy) is 2. The predicted octanol–water partition coefficient (Wildman–Crippen LogP) is 7.93. The van der Waals surface area contributed by atoms with E-state index in [9.17, 15) is 0 Å². The van der Waals surface area contributed by atoms with Crippen LogP contribution in [0.15, 0.2) is 97.1 Å². The molecule has 34 heavy (non-hydrogen) atoms. The summed E-state index contributed by atoms with van der Waals surface area (Å²) in [5.41, 5.74) is 9.23. The summed E-state index contributed by atoms with van der Waals surface area (Å²) in [4.78, 5) is 2.26. The van der Waals surface area contributed by atoms with Gasteiger partial charge in [0, 0.05) is 31.3 Å². The highest BCUT2D eigenvalue weighted by molar-refractivity contribution is 5.78. The lowest BCUT2D eigenvalue weighted by Gasteiger charge is -2.26. The van der Waals surface area contributed by atoms with Crippen molar-refractivity contribution in [3.63, 3.8) is 0 Å². The zero-order valence-corrected chi connectivity index (χ0v) is 20.1. The molecule has 3 nitrogen and oxygen atoms in total. The van der Waals surface area contributed by atoms with Gasteiger partial charge in [-0.25, -0.2) is 0 Å². The van der Waals surface area contributed by atoms with Crippen LogP contribution in [0.2, 0.25) is 0 Å². The van der Waals surface area contributed by atoms with Crippen LogP contribution >= 0.6 is 0 Å². The highest BCUT2D eigenvalue weighted by atomic mass is 16.5. The molecule has 0 aliphatic rings. The van der Waals surface area contributed by atoms with Gasteiger partial charge in [0.25, 0.3) is 0 Å². The SMILES string of the molecule is COCc1ccc(N(c2ccc(C=Cc3ccc(C)cc3)cc2)c2ccc(COC)cc2)cc1. The Kier molecular flexibility index (Phi) is 7.92. The molecule has 0 aromatic heterocycles. The van der Waals surface area contributed by atoms with Crippen LogP contribution in [0, 0.1) is 6.92 Å². The Morgan fingerprint density at radius 3 is 1.26 bits per heavy atom. The zero-order chi connectivity index (χ0) is 23.8. The van der Waals surface area contributed by atoms with Crippen molar-refractivity contribution in [2.75, 3.05) is 19.1 Å². The summed E-state index contributed by atoms with van der Waals surface area (Å²) < 4.78 is 10.6. The van der Waals surface area contributed by atoms with Crippen molar-refractivity contribution < 1.29 is 9.47 Å². The monoisotopic (exact) mass is 449 g/mol. The van der Waals surface area contributed by atoms with E-state index in [-0.39, 0.29) is 0 Å². The van der Waals surface area contributed by atoms with Gasteiger partial charge >= 0.3 is 0 Å². The maximum atomic E-state index is 5.28. The van der Waals surface area contributed by atoms with E-state index in [4.69, 9.17) is 9.47 Å². The van der Waals surface area contributed by atoms with Crippen molar-refractivity contribution in [1.29, 1.82) is 0 Å². The normalized spacial score (nSPS) is 11.1. The van der Waals surface area contributed by atoms with Gasteiger partial charge in [0.15, 0.2) is 0 Å². The summed E-state index contributed by atoms with van der Waals surface area (Å²) in [6, 6.07) is 34.2. The number of anilines is 3. The van der Waals surface area contributed by atoms with Crippen LogP contribution in [-0.4, -0.2) is 14.2 Å². The topological polar surface area (TPSA) is 21.7 Å². The molecule has 0 unspecified atom stereocenters. The lowest BCUT2D eigenvalue weighted by Crippen LogP contribution is -2.10. The Labute approximate surface area is 202 Å². The summed E-state index contributed by atoms with van der Waals surface area (Å²) in [5.74, 6) is 0. The molecule has 0 fully saturated rings. The number of rotatable bonds is 9. The van der Waals surface area contributed by atoms with E-state index < -0.39 is 0 Å². The van der Waals surface area contributed by atoms with Crippen LogP contribution in [0.4, 0.5) is 17.1 Å². The van der Waals surface area contributed by atoms with E-state index in [1.807, 2.05) is 0 Å². The Hall–Kier alpha value is -3.66. The molecular weight excluding hydrogens is 418 g/mol. The summed E-state index contributed by atoms with van der Waals surface area (Å²) in [6.07, 6.45) is 4.30. The number of aryl methyl sites for hydroxylation is 1. The van der Waals surface area contributed by atoms with Gasteiger partial charge in [-0.15, -0.1) is 0 Å². The summed E-state index contributed by atoms with van der Waals surface area (Å²) in [5, 5.41) is 0. The highest BCUT2D eigenvalue weighted by Crippen LogP contribution is 2.35. The minimum atomic E-state index is 0.605. The van der Waals surface area contributed by atoms with Gasteiger partial charge in [0.05, 0.1) is 13.2 Å². The van der Waals surface area contributed by atoms with Crippen molar-refractivity contribution in [2.24, 2.45) is 0 Å². The summed E-state index contributed by atoms with van der Waals surface area (Å²) in [6.45, 7) is 3.32. The van der Waals surface area contributed by atoms with Crippen molar-refractivity contribution in [1.82, 2.24) is 0 Å². The molecule has 0 bridgehead atoms. The predicted molar refractivity (Wildman–Crippen MR) is 143 cm³/mol. The molecule has 0 N–H and O–H groups in total. The minimum absolute atomic E-state index is 0.605. The molecule has 0 radical (unpaired) electrons. The highest BCUT2D eigenvalue weighted by Gasteiger charge is 2.12. The molecule has 0 heterocycles. The van der Waals surface area contributed by atoms with Gasteiger partial charge in [0.2, 0.25) is 0 Å². The minimum Gasteiger partial charge on any atom is -0.380 e. The second-order valence-corrected chi connectivity index (χ2v) is 8.37. The molecule has 0 amide bonds. The molecule has 4 rings (SSSR count).